The number of methoxy groups -OCH3 is 4. The predicted molar refractivity (Wildman–Crippen MR) is 159 cm³/mol. The highest BCUT2D eigenvalue weighted by Gasteiger charge is 2.18. The van der Waals surface area contributed by atoms with Crippen molar-refractivity contribution >= 4 is 11.7 Å². The zero-order valence-corrected chi connectivity index (χ0v) is 23.9. The number of hydrogen-bond acceptors (Lipinski definition) is 6. The normalized spacial score (nSPS) is 10.4. The molecule has 214 valence electrons. The van der Waals surface area contributed by atoms with Gasteiger partial charge in [0.2, 0.25) is 0 Å². The van der Waals surface area contributed by atoms with Crippen molar-refractivity contribution in [1.82, 2.24) is 4.90 Å². The minimum atomic E-state index is -0.260. The Morgan fingerprint density at radius 2 is 1.41 bits per heavy atom. The highest BCUT2D eigenvalue weighted by molar-refractivity contribution is 5.91. The van der Waals surface area contributed by atoms with Crippen LogP contribution in [0.5, 0.6) is 28.7 Å². The minimum absolute atomic E-state index is 0.260. The highest BCUT2D eigenvalue weighted by Crippen LogP contribution is 2.30. The maximum atomic E-state index is 13.6. The largest absolute Gasteiger partial charge is 0.497 e. The third-order valence-corrected chi connectivity index (χ3v) is 6.58. The van der Waals surface area contributed by atoms with Crippen LogP contribution in [-0.4, -0.2) is 45.9 Å². The summed E-state index contributed by atoms with van der Waals surface area (Å²) >= 11 is 0. The number of nitrogens with zero attached hydrogens (tertiary/aromatic N) is 1. The van der Waals surface area contributed by atoms with E-state index in [1.807, 2.05) is 72.8 Å². The number of anilines is 1. The second-order valence-corrected chi connectivity index (χ2v) is 9.28. The van der Waals surface area contributed by atoms with Crippen LogP contribution in [0.15, 0.2) is 91.0 Å². The first-order chi connectivity index (χ1) is 20.0. The SMILES string of the molecule is COc1ccc(NC(=O)N(CCc2ccc(OC)c(OC)c2)Cc2cccc(OCc3ccccc3)c2)c(OC)c1. The van der Waals surface area contributed by atoms with Crippen LogP contribution in [0, 0.1) is 0 Å². The van der Waals surface area contributed by atoms with Crippen molar-refractivity contribution in [3.63, 3.8) is 0 Å². The molecule has 0 fully saturated rings. The molecule has 1 N–H and O–H groups in total. The lowest BCUT2D eigenvalue weighted by atomic mass is 10.1. The van der Waals surface area contributed by atoms with Crippen LogP contribution in [-0.2, 0) is 19.6 Å². The van der Waals surface area contributed by atoms with Gasteiger partial charge in [-0.15, -0.1) is 0 Å². The summed E-state index contributed by atoms with van der Waals surface area (Å²) in [5, 5.41) is 3.00. The van der Waals surface area contributed by atoms with Gasteiger partial charge in [0, 0.05) is 19.2 Å². The molecule has 0 spiro atoms. The third kappa shape index (κ3) is 8.08. The number of nitrogens with one attached hydrogen (secondary N) is 1. The van der Waals surface area contributed by atoms with E-state index in [9.17, 15) is 4.79 Å². The molecule has 0 saturated heterocycles. The van der Waals surface area contributed by atoms with Gasteiger partial charge in [0.25, 0.3) is 0 Å². The Morgan fingerprint density at radius 1 is 0.659 bits per heavy atom. The summed E-state index contributed by atoms with van der Waals surface area (Å²) in [5.41, 5.74) is 3.60. The van der Waals surface area contributed by atoms with E-state index in [4.69, 9.17) is 23.7 Å². The van der Waals surface area contributed by atoms with Crippen molar-refractivity contribution in [2.45, 2.75) is 19.6 Å². The van der Waals surface area contributed by atoms with E-state index in [1.54, 1.807) is 51.5 Å². The summed E-state index contributed by atoms with van der Waals surface area (Å²) in [6.07, 6.45) is 0.609. The molecule has 4 aromatic rings. The average Bonchev–Trinajstić information content (AvgIpc) is 3.02. The first kappa shape index (κ1) is 29.1. The highest BCUT2D eigenvalue weighted by atomic mass is 16.5. The second kappa shape index (κ2) is 14.5. The maximum absolute atomic E-state index is 13.6. The summed E-state index contributed by atoms with van der Waals surface area (Å²) < 4.78 is 27.6. The van der Waals surface area contributed by atoms with Crippen LogP contribution in [0.1, 0.15) is 16.7 Å². The molecule has 4 rings (SSSR count). The number of amides is 2. The Kier molecular flexibility index (Phi) is 10.3. The second-order valence-electron chi connectivity index (χ2n) is 9.28. The van der Waals surface area contributed by atoms with Gasteiger partial charge in [-0.05, 0) is 59.5 Å². The first-order valence-corrected chi connectivity index (χ1v) is 13.3. The van der Waals surface area contributed by atoms with Crippen molar-refractivity contribution in [3.05, 3.63) is 108 Å². The number of benzene rings is 4. The van der Waals surface area contributed by atoms with Gasteiger partial charge in [-0.1, -0.05) is 48.5 Å². The summed E-state index contributed by atoms with van der Waals surface area (Å²) in [6, 6.07) is 28.6. The number of rotatable bonds is 13. The van der Waals surface area contributed by atoms with E-state index in [2.05, 4.69) is 5.32 Å². The molecule has 2 amide bonds. The molecule has 8 nitrogen and oxygen atoms in total. The number of ether oxygens (including phenoxy) is 5. The molecule has 8 heteroatoms. The molecule has 0 aliphatic heterocycles. The fraction of sp³-hybridized carbons (Fsp3) is 0.242. The molecule has 41 heavy (non-hydrogen) atoms. The first-order valence-electron chi connectivity index (χ1n) is 13.3. The van der Waals surface area contributed by atoms with Crippen LogP contribution >= 0.6 is 0 Å². The van der Waals surface area contributed by atoms with Gasteiger partial charge in [-0.2, -0.15) is 0 Å². The molecule has 0 atom stereocenters. The Morgan fingerprint density at radius 3 is 2.15 bits per heavy atom. The predicted octanol–water partition coefficient (Wildman–Crippen LogP) is 6.58. The summed E-state index contributed by atoms with van der Waals surface area (Å²) in [7, 11) is 6.35. The number of carbonyl (C=O) groups is 1. The van der Waals surface area contributed by atoms with Crippen LogP contribution < -0.4 is 29.0 Å². The fourth-order valence-electron chi connectivity index (χ4n) is 4.34. The standard InChI is InChI=1S/C33H36N2O6/c1-37-27-14-15-29(31(21-27)39-3)34-33(36)35(18-17-24-13-16-30(38-2)32(20-24)40-4)22-26-11-8-12-28(19-26)41-23-25-9-6-5-7-10-25/h5-16,19-21H,17-18,22-23H2,1-4H3,(H,34,36). The lowest BCUT2D eigenvalue weighted by Crippen LogP contribution is -2.36. The van der Waals surface area contributed by atoms with Crippen molar-refractivity contribution < 1.29 is 28.5 Å². The van der Waals surface area contributed by atoms with Crippen LogP contribution in [0.4, 0.5) is 10.5 Å². The zero-order valence-electron chi connectivity index (χ0n) is 23.9. The molecule has 0 aromatic heterocycles. The molecule has 0 radical (unpaired) electrons. The molecule has 0 unspecified atom stereocenters. The third-order valence-electron chi connectivity index (χ3n) is 6.58. The van der Waals surface area contributed by atoms with Crippen molar-refractivity contribution in [3.8, 4) is 28.7 Å². The quantitative estimate of drug-likeness (QED) is 0.201. The number of urea groups is 1. The summed E-state index contributed by atoms with van der Waals surface area (Å²) in [4.78, 5) is 15.4. The lowest BCUT2D eigenvalue weighted by Gasteiger charge is -2.24. The van der Waals surface area contributed by atoms with E-state index < -0.39 is 0 Å². The summed E-state index contributed by atoms with van der Waals surface area (Å²) in [6.45, 7) is 1.29. The molecule has 0 bridgehead atoms. The Balaban J connectivity index is 1.53. The lowest BCUT2D eigenvalue weighted by molar-refractivity contribution is 0.209. The fourth-order valence-corrected chi connectivity index (χ4v) is 4.34. The van der Waals surface area contributed by atoms with E-state index in [0.717, 1.165) is 22.4 Å². The maximum Gasteiger partial charge on any atom is 0.322 e. The zero-order chi connectivity index (χ0) is 29.0. The van der Waals surface area contributed by atoms with E-state index >= 15 is 0 Å². The van der Waals surface area contributed by atoms with Gasteiger partial charge in [-0.3, -0.25) is 0 Å². The Hall–Kier alpha value is -4.85. The smallest absolute Gasteiger partial charge is 0.322 e. The van der Waals surface area contributed by atoms with Crippen LogP contribution in [0.3, 0.4) is 0 Å². The Bertz CT molecular complexity index is 1430. The van der Waals surface area contributed by atoms with Crippen LogP contribution in [0.25, 0.3) is 0 Å². The van der Waals surface area contributed by atoms with Gasteiger partial charge in [-0.25, -0.2) is 4.79 Å². The van der Waals surface area contributed by atoms with E-state index in [1.165, 1.54) is 0 Å². The van der Waals surface area contributed by atoms with Gasteiger partial charge in [0.05, 0.1) is 34.1 Å². The minimum Gasteiger partial charge on any atom is -0.497 e. The van der Waals surface area contributed by atoms with Crippen LogP contribution in [0.2, 0.25) is 0 Å². The molecule has 0 aliphatic carbocycles. The van der Waals surface area contributed by atoms with Crippen molar-refractivity contribution in [2.24, 2.45) is 0 Å². The average molecular weight is 557 g/mol. The number of hydrogen-bond donors (Lipinski definition) is 1. The number of carbonyl (C=O) groups excluding carboxylic acids is 1. The van der Waals surface area contributed by atoms with Gasteiger partial charge in [0.15, 0.2) is 11.5 Å². The molecule has 0 saturated carbocycles. The Labute approximate surface area is 241 Å². The topological polar surface area (TPSA) is 78.5 Å². The van der Waals surface area contributed by atoms with Gasteiger partial charge < -0.3 is 33.9 Å². The monoisotopic (exact) mass is 556 g/mol. The molecular formula is C33H36N2O6. The molecule has 4 aromatic carbocycles. The van der Waals surface area contributed by atoms with Crippen molar-refractivity contribution in [2.75, 3.05) is 40.3 Å². The van der Waals surface area contributed by atoms with Gasteiger partial charge >= 0.3 is 6.03 Å². The van der Waals surface area contributed by atoms with Gasteiger partial charge in [0.1, 0.15) is 23.9 Å². The molecular weight excluding hydrogens is 520 g/mol. The van der Waals surface area contributed by atoms with E-state index in [-0.39, 0.29) is 6.03 Å². The van der Waals surface area contributed by atoms with Crippen molar-refractivity contribution in [1.29, 1.82) is 0 Å². The molecule has 0 heterocycles. The summed E-state index contributed by atoms with van der Waals surface area (Å²) in [5.74, 6) is 3.19. The van der Waals surface area contributed by atoms with E-state index in [0.29, 0.717) is 54.8 Å². The molecule has 0 aliphatic rings.